The Morgan fingerprint density at radius 3 is 2.43 bits per heavy atom. The summed E-state index contributed by atoms with van der Waals surface area (Å²) in [5, 5.41) is 8.10. The van der Waals surface area contributed by atoms with Crippen LogP contribution in [0.1, 0.15) is 32.1 Å². The van der Waals surface area contributed by atoms with Gasteiger partial charge < -0.3 is 4.98 Å². The average Bonchev–Trinajstić information content (AvgIpc) is 3.22. The van der Waals surface area contributed by atoms with E-state index in [1.54, 1.807) is 33.9 Å². The lowest BCUT2D eigenvalue weighted by Crippen LogP contribution is -2.10. The maximum absolute atomic E-state index is 11.7. The molecule has 0 bridgehead atoms. The van der Waals surface area contributed by atoms with E-state index in [4.69, 9.17) is 0 Å². The van der Waals surface area contributed by atoms with Crippen molar-refractivity contribution < 1.29 is 0 Å². The summed E-state index contributed by atoms with van der Waals surface area (Å²) in [6.45, 7) is 0. The number of fused-ring (bicyclic) bond motifs is 1. The molecule has 0 saturated heterocycles. The Morgan fingerprint density at radius 1 is 1.10 bits per heavy atom. The first-order valence-corrected chi connectivity index (χ1v) is 7.30. The number of aryl methyl sites for hydroxylation is 1. The standard InChI is InChI=1S/C10H9N5O.C5H10/c1-14-5-7(4-12-14)8-6-15-9(2-3-11-15)10(16)13-8;1-2-4-5-3-1/h2-6H,1H3,(H,13,16);1-5H2. The summed E-state index contributed by atoms with van der Waals surface area (Å²) in [4.78, 5) is 14.5. The monoisotopic (exact) mass is 285 g/mol. The lowest BCUT2D eigenvalue weighted by Gasteiger charge is -1.98. The van der Waals surface area contributed by atoms with Gasteiger partial charge in [0.05, 0.1) is 24.3 Å². The van der Waals surface area contributed by atoms with Crippen LogP contribution in [0.5, 0.6) is 0 Å². The van der Waals surface area contributed by atoms with Gasteiger partial charge in [-0.3, -0.25) is 9.48 Å². The van der Waals surface area contributed by atoms with Crippen molar-refractivity contribution in [1.82, 2.24) is 24.4 Å². The molecule has 0 unspecified atom stereocenters. The quantitative estimate of drug-likeness (QED) is 0.746. The first kappa shape index (κ1) is 13.6. The number of rotatable bonds is 1. The summed E-state index contributed by atoms with van der Waals surface area (Å²) in [7, 11) is 1.83. The Morgan fingerprint density at radius 2 is 1.81 bits per heavy atom. The minimum atomic E-state index is -0.154. The van der Waals surface area contributed by atoms with Crippen molar-refractivity contribution in [3.8, 4) is 11.3 Å². The molecule has 1 fully saturated rings. The van der Waals surface area contributed by atoms with E-state index in [0.29, 0.717) is 11.2 Å². The van der Waals surface area contributed by atoms with Crippen LogP contribution < -0.4 is 5.56 Å². The van der Waals surface area contributed by atoms with Gasteiger partial charge in [-0.25, -0.2) is 4.52 Å². The molecule has 110 valence electrons. The van der Waals surface area contributed by atoms with Gasteiger partial charge in [0.15, 0.2) is 0 Å². The lowest BCUT2D eigenvalue weighted by molar-refractivity contribution is 0.768. The van der Waals surface area contributed by atoms with E-state index in [9.17, 15) is 4.79 Å². The molecular formula is C15H19N5O. The normalized spacial score (nSPS) is 14.1. The SMILES string of the molecule is C1CCCC1.Cn1cc(-c2cn3nccc3c(=O)[nH]2)cn1. The number of nitrogens with one attached hydrogen (secondary N) is 1. The molecule has 1 aliphatic carbocycles. The van der Waals surface area contributed by atoms with Crippen molar-refractivity contribution in [1.29, 1.82) is 0 Å². The number of H-pyrrole nitrogens is 1. The van der Waals surface area contributed by atoms with Crippen molar-refractivity contribution in [3.05, 3.63) is 41.2 Å². The number of aromatic amines is 1. The molecule has 0 aliphatic heterocycles. The molecule has 6 heteroatoms. The minimum absolute atomic E-state index is 0.154. The fourth-order valence-electron chi connectivity index (χ4n) is 2.53. The maximum Gasteiger partial charge on any atom is 0.274 e. The first-order valence-electron chi connectivity index (χ1n) is 7.30. The van der Waals surface area contributed by atoms with Crippen LogP contribution >= 0.6 is 0 Å². The van der Waals surface area contributed by atoms with E-state index < -0.39 is 0 Å². The number of hydrogen-bond acceptors (Lipinski definition) is 3. The van der Waals surface area contributed by atoms with Crippen LogP contribution in [0.25, 0.3) is 16.8 Å². The molecule has 1 aliphatic rings. The molecule has 3 heterocycles. The molecule has 0 atom stereocenters. The van der Waals surface area contributed by atoms with Crippen LogP contribution in [-0.2, 0) is 7.05 Å². The molecule has 0 radical (unpaired) electrons. The van der Waals surface area contributed by atoms with Crippen LogP contribution in [-0.4, -0.2) is 24.4 Å². The molecule has 4 rings (SSSR count). The summed E-state index contributed by atoms with van der Waals surface area (Å²) in [6.07, 6.45) is 14.4. The van der Waals surface area contributed by atoms with Gasteiger partial charge in [-0.2, -0.15) is 10.2 Å². The molecule has 0 spiro atoms. The summed E-state index contributed by atoms with van der Waals surface area (Å²) >= 11 is 0. The zero-order valence-electron chi connectivity index (χ0n) is 12.1. The van der Waals surface area contributed by atoms with E-state index in [-0.39, 0.29) is 5.56 Å². The second-order valence-electron chi connectivity index (χ2n) is 5.33. The zero-order valence-corrected chi connectivity index (χ0v) is 12.1. The fourth-order valence-corrected chi connectivity index (χ4v) is 2.53. The van der Waals surface area contributed by atoms with E-state index in [2.05, 4.69) is 15.2 Å². The highest BCUT2D eigenvalue weighted by atomic mass is 16.1. The third-order valence-electron chi connectivity index (χ3n) is 3.67. The van der Waals surface area contributed by atoms with E-state index >= 15 is 0 Å². The van der Waals surface area contributed by atoms with Crippen LogP contribution in [0.3, 0.4) is 0 Å². The Hall–Kier alpha value is -2.37. The predicted octanol–water partition coefficient (Wildman–Crippen LogP) is 2.37. The van der Waals surface area contributed by atoms with Gasteiger partial charge in [-0.05, 0) is 6.07 Å². The van der Waals surface area contributed by atoms with Crippen LogP contribution in [0.2, 0.25) is 0 Å². The molecule has 0 aromatic carbocycles. The van der Waals surface area contributed by atoms with Gasteiger partial charge in [0.2, 0.25) is 0 Å². The van der Waals surface area contributed by atoms with Gasteiger partial charge in [0.1, 0.15) is 5.52 Å². The average molecular weight is 285 g/mol. The Labute approximate surface area is 122 Å². The minimum Gasteiger partial charge on any atom is -0.319 e. The molecule has 21 heavy (non-hydrogen) atoms. The van der Waals surface area contributed by atoms with Crippen molar-refractivity contribution in [2.24, 2.45) is 7.05 Å². The van der Waals surface area contributed by atoms with E-state index in [0.717, 1.165) is 5.56 Å². The molecule has 1 N–H and O–H groups in total. The maximum atomic E-state index is 11.7. The van der Waals surface area contributed by atoms with Crippen LogP contribution in [0.15, 0.2) is 35.6 Å². The Balaban J connectivity index is 0.000000225. The predicted molar refractivity (Wildman–Crippen MR) is 81.1 cm³/mol. The summed E-state index contributed by atoms with van der Waals surface area (Å²) < 4.78 is 3.24. The third kappa shape index (κ3) is 3.04. The molecule has 3 aromatic heterocycles. The van der Waals surface area contributed by atoms with Crippen molar-refractivity contribution in [3.63, 3.8) is 0 Å². The zero-order chi connectivity index (χ0) is 14.7. The highest BCUT2D eigenvalue weighted by molar-refractivity contribution is 5.58. The van der Waals surface area contributed by atoms with E-state index in [1.165, 1.54) is 32.1 Å². The van der Waals surface area contributed by atoms with Gasteiger partial charge in [0.25, 0.3) is 5.56 Å². The van der Waals surface area contributed by atoms with E-state index in [1.807, 2.05) is 13.2 Å². The second-order valence-corrected chi connectivity index (χ2v) is 5.33. The number of aromatic nitrogens is 5. The molecule has 6 nitrogen and oxygen atoms in total. The molecule has 1 saturated carbocycles. The van der Waals surface area contributed by atoms with Crippen molar-refractivity contribution in [2.75, 3.05) is 0 Å². The molecule has 3 aromatic rings. The summed E-state index contributed by atoms with van der Waals surface area (Å²) in [5.41, 5.74) is 1.94. The lowest BCUT2D eigenvalue weighted by atomic mass is 10.3. The Kier molecular flexibility index (Phi) is 3.85. The number of nitrogens with zero attached hydrogens (tertiary/aromatic N) is 4. The second kappa shape index (κ2) is 5.95. The van der Waals surface area contributed by atoms with Crippen molar-refractivity contribution in [2.45, 2.75) is 32.1 Å². The van der Waals surface area contributed by atoms with Gasteiger partial charge in [-0.15, -0.1) is 0 Å². The fraction of sp³-hybridized carbons (Fsp3) is 0.400. The van der Waals surface area contributed by atoms with Crippen molar-refractivity contribution >= 4 is 5.52 Å². The highest BCUT2D eigenvalue weighted by Crippen LogP contribution is 2.15. The van der Waals surface area contributed by atoms with Crippen LogP contribution in [0.4, 0.5) is 0 Å². The molecule has 0 amide bonds. The smallest absolute Gasteiger partial charge is 0.274 e. The Bertz CT molecular complexity index is 771. The summed E-state index contributed by atoms with van der Waals surface area (Å²) in [5.74, 6) is 0. The highest BCUT2D eigenvalue weighted by Gasteiger charge is 2.05. The van der Waals surface area contributed by atoms with Gasteiger partial charge in [0, 0.05) is 18.8 Å². The third-order valence-corrected chi connectivity index (χ3v) is 3.67. The largest absolute Gasteiger partial charge is 0.319 e. The van der Waals surface area contributed by atoms with Crippen LogP contribution in [0, 0.1) is 0 Å². The van der Waals surface area contributed by atoms with Gasteiger partial charge >= 0.3 is 0 Å². The summed E-state index contributed by atoms with van der Waals surface area (Å²) in [6, 6.07) is 1.67. The molecular weight excluding hydrogens is 266 g/mol. The number of hydrogen-bond donors (Lipinski definition) is 1. The topological polar surface area (TPSA) is 68.0 Å². The van der Waals surface area contributed by atoms with Gasteiger partial charge in [-0.1, -0.05) is 32.1 Å². The first-order chi connectivity index (χ1) is 10.2.